The third-order valence-corrected chi connectivity index (χ3v) is 7.27. The van der Waals surface area contributed by atoms with Crippen molar-refractivity contribution in [2.45, 2.75) is 78.6 Å². The molecule has 3 heterocycles. The minimum atomic E-state index is -4.44. The van der Waals surface area contributed by atoms with E-state index in [1.54, 1.807) is 12.3 Å². The van der Waals surface area contributed by atoms with Gasteiger partial charge in [-0.15, -0.1) is 0 Å². The molecule has 1 aliphatic rings. The molecule has 41 heavy (non-hydrogen) atoms. The van der Waals surface area contributed by atoms with Gasteiger partial charge >= 0.3 is 12.1 Å². The number of imidazole rings is 1. The van der Waals surface area contributed by atoms with Crippen molar-refractivity contribution in [2.24, 2.45) is 5.92 Å². The molecule has 0 radical (unpaired) electrons. The number of alkyl halides is 3. The molecule has 2 N–H and O–H groups in total. The number of anilines is 1. The van der Waals surface area contributed by atoms with Crippen molar-refractivity contribution in [3.8, 4) is 11.4 Å². The maximum atomic E-state index is 13.2. The first-order chi connectivity index (χ1) is 19.5. The largest absolute Gasteiger partial charge is 0.475 e. The zero-order valence-corrected chi connectivity index (χ0v) is 23.8. The fraction of sp³-hybridized carbons (Fsp3) is 0.433. The molecule has 0 bridgehead atoms. The molecular formula is C30H35F3N6O2. The van der Waals surface area contributed by atoms with Crippen LogP contribution in [0.15, 0.2) is 42.6 Å². The van der Waals surface area contributed by atoms with E-state index >= 15 is 0 Å². The molecule has 1 unspecified atom stereocenters. The average Bonchev–Trinajstić information content (AvgIpc) is 3.27. The van der Waals surface area contributed by atoms with E-state index in [1.807, 2.05) is 45.3 Å². The Labute approximate surface area is 237 Å². The van der Waals surface area contributed by atoms with Crippen LogP contribution in [0.25, 0.3) is 22.6 Å². The normalized spacial score (nSPS) is 14.4. The second-order valence-electron chi connectivity index (χ2n) is 10.3. The maximum absolute atomic E-state index is 13.2. The van der Waals surface area contributed by atoms with E-state index in [2.05, 4.69) is 20.3 Å². The summed E-state index contributed by atoms with van der Waals surface area (Å²) in [7, 11) is 0. The summed E-state index contributed by atoms with van der Waals surface area (Å²) < 4.78 is 41.4. The topological polar surface area (TPSA) is 106 Å². The standard InChI is InChI=1S/C28H29F3N6O2.C2H6/c1-15(2)21-13-19(11-12-32-21)26-36-24-22(37(26)14-17-7-9-20(10-8-17)28(29,30)31)23(34-25(35-24)27(38)39)33-16(3)18-5-4-6-18;1-2/h7-13,15-16,18H,4-6,14H2,1-3H3,(H,38,39)(H,33,34,35);1-2H3. The Balaban J connectivity index is 0.00000189. The molecule has 5 rings (SSSR count). The fourth-order valence-electron chi connectivity index (χ4n) is 4.76. The van der Waals surface area contributed by atoms with Gasteiger partial charge in [0.15, 0.2) is 11.5 Å². The summed E-state index contributed by atoms with van der Waals surface area (Å²) >= 11 is 0. The number of fused-ring (bicyclic) bond motifs is 1. The highest BCUT2D eigenvalue weighted by Gasteiger charge is 2.30. The summed E-state index contributed by atoms with van der Waals surface area (Å²) in [6, 6.07) is 8.70. The van der Waals surface area contributed by atoms with Gasteiger partial charge in [0.1, 0.15) is 11.3 Å². The van der Waals surface area contributed by atoms with Crippen LogP contribution in [-0.4, -0.2) is 41.6 Å². The zero-order chi connectivity index (χ0) is 29.9. The minimum Gasteiger partial charge on any atom is -0.475 e. The highest BCUT2D eigenvalue weighted by atomic mass is 19.4. The average molecular weight is 569 g/mol. The molecule has 0 saturated heterocycles. The molecule has 1 atom stereocenters. The number of carboxylic acid groups (broad SMARTS) is 1. The summed E-state index contributed by atoms with van der Waals surface area (Å²) in [6.45, 7) is 10.2. The fourth-order valence-corrected chi connectivity index (χ4v) is 4.76. The molecule has 0 amide bonds. The zero-order valence-electron chi connectivity index (χ0n) is 23.8. The molecule has 1 saturated carbocycles. The van der Waals surface area contributed by atoms with Crippen LogP contribution in [-0.2, 0) is 12.7 Å². The van der Waals surface area contributed by atoms with Gasteiger partial charge in [-0.3, -0.25) is 4.98 Å². The lowest BCUT2D eigenvalue weighted by molar-refractivity contribution is -0.137. The molecule has 11 heteroatoms. The number of nitrogens with one attached hydrogen (secondary N) is 1. The second kappa shape index (κ2) is 12.2. The number of hydrogen-bond donors (Lipinski definition) is 2. The third-order valence-electron chi connectivity index (χ3n) is 7.27. The Bertz CT molecular complexity index is 1510. The second-order valence-corrected chi connectivity index (χ2v) is 10.3. The lowest BCUT2D eigenvalue weighted by Gasteiger charge is -2.32. The van der Waals surface area contributed by atoms with Gasteiger partial charge in [-0.05, 0) is 61.4 Å². The van der Waals surface area contributed by atoms with Gasteiger partial charge in [-0.1, -0.05) is 46.2 Å². The summed E-state index contributed by atoms with van der Waals surface area (Å²) in [6.07, 6.45) is 0.523. The Kier molecular flexibility index (Phi) is 8.94. The Morgan fingerprint density at radius 2 is 1.76 bits per heavy atom. The van der Waals surface area contributed by atoms with Crippen molar-refractivity contribution in [1.29, 1.82) is 0 Å². The highest BCUT2D eigenvalue weighted by Crippen LogP contribution is 2.35. The van der Waals surface area contributed by atoms with Gasteiger partial charge < -0.3 is 15.0 Å². The molecule has 4 aromatic rings. The van der Waals surface area contributed by atoms with E-state index in [-0.39, 0.29) is 30.0 Å². The van der Waals surface area contributed by atoms with Crippen molar-refractivity contribution in [3.63, 3.8) is 0 Å². The van der Waals surface area contributed by atoms with E-state index in [0.29, 0.717) is 28.6 Å². The summed E-state index contributed by atoms with van der Waals surface area (Å²) in [5, 5.41) is 13.1. The predicted octanol–water partition coefficient (Wildman–Crippen LogP) is 7.40. The first-order valence-corrected chi connectivity index (χ1v) is 13.9. The first-order valence-electron chi connectivity index (χ1n) is 13.9. The van der Waals surface area contributed by atoms with E-state index < -0.39 is 17.7 Å². The van der Waals surface area contributed by atoms with Gasteiger partial charge in [0.05, 0.1) is 5.56 Å². The lowest BCUT2D eigenvalue weighted by atomic mass is 9.80. The first kappa shape index (κ1) is 30.0. The number of aromatic carboxylic acids is 1. The third kappa shape index (κ3) is 6.49. The molecule has 1 aliphatic carbocycles. The lowest BCUT2D eigenvalue weighted by Crippen LogP contribution is -2.31. The van der Waals surface area contributed by atoms with Crippen LogP contribution in [0.2, 0.25) is 0 Å². The number of hydrogen-bond acceptors (Lipinski definition) is 6. The molecule has 8 nitrogen and oxygen atoms in total. The smallest absolute Gasteiger partial charge is 0.416 e. The highest BCUT2D eigenvalue weighted by molar-refractivity contribution is 5.92. The number of carboxylic acids is 1. The van der Waals surface area contributed by atoms with Crippen LogP contribution in [0.4, 0.5) is 19.0 Å². The van der Waals surface area contributed by atoms with Crippen LogP contribution in [0.5, 0.6) is 0 Å². The number of rotatable bonds is 8. The molecule has 0 aliphatic heterocycles. The van der Waals surface area contributed by atoms with Gasteiger partial charge in [0.25, 0.3) is 0 Å². The summed E-state index contributed by atoms with van der Waals surface area (Å²) in [5.41, 5.74) is 2.13. The molecule has 3 aromatic heterocycles. The van der Waals surface area contributed by atoms with Crippen molar-refractivity contribution in [3.05, 3.63) is 65.2 Å². The van der Waals surface area contributed by atoms with E-state index in [1.165, 1.54) is 12.1 Å². The monoisotopic (exact) mass is 568 g/mol. The van der Waals surface area contributed by atoms with Crippen molar-refractivity contribution < 1.29 is 23.1 Å². The summed E-state index contributed by atoms with van der Waals surface area (Å²) in [5.74, 6) is -0.249. The SMILES string of the molecule is CC.CC(C)c1cc(-c2nc3nc(C(=O)O)nc(NC(C)C4CCC4)c3n2Cc2ccc(C(F)(F)F)cc2)ccn1. The Morgan fingerprint density at radius 3 is 2.32 bits per heavy atom. The van der Waals surface area contributed by atoms with Gasteiger partial charge in [0.2, 0.25) is 5.82 Å². The number of nitrogens with zero attached hydrogens (tertiary/aromatic N) is 5. The Hall–Kier alpha value is -4.02. The van der Waals surface area contributed by atoms with Crippen molar-refractivity contribution >= 4 is 23.0 Å². The number of benzene rings is 1. The minimum absolute atomic E-state index is 0.0323. The summed E-state index contributed by atoms with van der Waals surface area (Å²) in [4.78, 5) is 29.6. The van der Waals surface area contributed by atoms with Crippen LogP contribution < -0.4 is 5.32 Å². The van der Waals surface area contributed by atoms with Gasteiger partial charge in [-0.2, -0.15) is 13.2 Å². The van der Waals surface area contributed by atoms with E-state index in [9.17, 15) is 23.1 Å². The van der Waals surface area contributed by atoms with Gasteiger partial charge in [0, 0.05) is 30.0 Å². The van der Waals surface area contributed by atoms with Crippen molar-refractivity contribution in [1.82, 2.24) is 24.5 Å². The van der Waals surface area contributed by atoms with E-state index in [4.69, 9.17) is 4.98 Å². The molecular weight excluding hydrogens is 533 g/mol. The predicted molar refractivity (Wildman–Crippen MR) is 152 cm³/mol. The van der Waals surface area contributed by atoms with Crippen LogP contribution in [0.1, 0.15) is 87.2 Å². The van der Waals surface area contributed by atoms with E-state index in [0.717, 1.165) is 42.7 Å². The van der Waals surface area contributed by atoms with Crippen molar-refractivity contribution in [2.75, 3.05) is 5.32 Å². The maximum Gasteiger partial charge on any atom is 0.416 e. The number of carbonyl (C=O) groups is 1. The molecule has 1 fully saturated rings. The van der Waals surface area contributed by atoms with Crippen LogP contribution in [0.3, 0.4) is 0 Å². The number of aromatic nitrogens is 5. The molecule has 1 aromatic carbocycles. The van der Waals surface area contributed by atoms with Crippen LogP contribution >= 0.6 is 0 Å². The van der Waals surface area contributed by atoms with Crippen LogP contribution in [0, 0.1) is 5.92 Å². The number of pyridine rings is 1. The Morgan fingerprint density at radius 1 is 1.07 bits per heavy atom. The van der Waals surface area contributed by atoms with Gasteiger partial charge in [-0.25, -0.2) is 19.7 Å². The molecule has 0 spiro atoms. The quantitative estimate of drug-likeness (QED) is 0.228. The molecule has 218 valence electrons. The number of halogens is 3.